The zero-order valence-electron chi connectivity index (χ0n) is 21.6. The van der Waals surface area contributed by atoms with Crippen LogP contribution in [0.3, 0.4) is 0 Å². The number of nitrogens with one attached hydrogen (secondary N) is 1. The lowest BCUT2D eigenvalue weighted by molar-refractivity contribution is 0.0458. The number of carbonyl (C=O) groups excluding carboxylic acids is 1. The maximum Gasteiger partial charge on any atom is 0.281 e. The average Bonchev–Trinajstić information content (AvgIpc) is 2.89. The molecular weight excluding hydrogens is 508 g/mol. The molecule has 204 valence electrons. The first-order valence-corrected chi connectivity index (χ1v) is 13.9. The van der Waals surface area contributed by atoms with E-state index in [-0.39, 0.29) is 30.0 Å². The van der Waals surface area contributed by atoms with Gasteiger partial charge in [0, 0.05) is 38.9 Å². The van der Waals surface area contributed by atoms with Crippen molar-refractivity contribution in [3.8, 4) is 17.1 Å². The maximum absolute atomic E-state index is 13.3. The van der Waals surface area contributed by atoms with E-state index in [1.54, 1.807) is 24.4 Å². The van der Waals surface area contributed by atoms with Crippen molar-refractivity contribution in [2.45, 2.75) is 50.8 Å². The minimum atomic E-state index is -4.25. The van der Waals surface area contributed by atoms with E-state index in [1.165, 1.54) is 18.2 Å². The first-order valence-electron chi connectivity index (χ1n) is 12.5. The summed E-state index contributed by atoms with van der Waals surface area (Å²) in [4.78, 5) is 28.2. The molecule has 1 saturated heterocycles. The van der Waals surface area contributed by atoms with Gasteiger partial charge in [-0.25, -0.2) is 19.7 Å². The summed E-state index contributed by atoms with van der Waals surface area (Å²) in [5.74, 6) is 0.100. The lowest BCUT2D eigenvalue weighted by atomic mass is 10.1. The number of nitrogens with zero attached hydrogens (tertiary/aromatic N) is 4. The predicted molar refractivity (Wildman–Crippen MR) is 146 cm³/mol. The normalized spacial score (nSPS) is 14.5. The van der Waals surface area contributed by atoms with E-state index in [0.717, 1.165) is 18.4 Å². The number of piperidine rings is 1. The minimum absolute atomic E-state index is 0. The van der Waals surface area contributed by atoms with Gasteiger partial charge in [0.05, 0.1) is 23.5 Å². The number of carbonyl (C=O) groups is 1. The summed E-state index contributed by atoms with van der Waals surface area (Å²) in [6, 6.07) is 11.0. The quantitative estimate of drug-likeness (QED) is 0.412. The van der Waals surface area contributed by atoms with Gasteiger partial charge in [0.1, 0.15) is 11.6 Å². The van der Waals surface area contributed by atoms with Gasteiger partial charge in [-0.05, 0) is 63.9 Å². The lowest BCUT2D eigenvalue weighted by Crippen LogP contribution is -2.39. The fourth-order valence-electron chi connectivity index (χ4n) is 4.15. The summed E-state index contributed by atoms with van der Waals surface area (Å²) in [7, 11) is -4.25. The van der Waals surface area contributed by atoms with Crippen LogP contribution in [-0.2, 0) is 14.8 Å². The van der Waals surface area contributed by atoms with E-state index >= 15 is 0 Å². The molecule has 3 N–H and O–H groups in total. The third-order valence-electron chi connectivity index (χ3n) is 5.90. The molecule has 0 spiro atoms. The molecule has 1 fully saturated rings. The van der Waals surface area contributed by atoms with Crippen LogP contribution in [0.5, 0.6) is 5.88 Å². The number of sulfonamides is 1. The average molecular weight is 543 g/mol. The first kappa shape index (κ1) is 27.3. The highest BCUT2D eigenvalue weighted by Gasteiger charge is 2.28. The van der Waals surface area contributed by atoms with Crippen molar-refractivity contribution >= 4 is 27.6 Å². The molecule has 0 aliphatic carbocycles. The molecule has 0 aromatic carbocycles. The number of ether oxygens (including phenoxy) is 2. The molecular formula is C26H34N6O5S. The SMILES string of the molecule is CCOC1CCN(c2nc(-c3ccc(OC(C)C)nc3)ccc2C(=O)NS(=O)(=O)c2cccc(N)n2)CC1.[HH]. The van der Waals surface area contributed by atoms with Crippen LogP contribution >= 0.6 is 0 Å². The number of amides is 1. The fraction of sp³-hybridized carbons (Fsp3) is 0.385. The second-order valence-electron chi connectivity index (χ2n) is 9.10. The van der Waals surface area contributed by atoms with Gasteiger partial charge < -0.3 is 20.1 Å². The number of hydrogen-bond donors (Lipinski definition) is 2. The summed E-state index contributed by atoms with van der Waals surface area (Å²) < 4.78 is 39.2. The molecule has 0 radical (unpaired) electrons. The van der Waals surface area contributed by atoms with Crippen molar-refractivity contribution < 1.29 is 24.1 Å². The second-order valence-corrected chi connectivity index (χ2v) is 10.7. The van der Waals surface area contributed by atoms with Gasteiger partial charge in [-0.3, -0.25) is 4.79 Å². The number of pyridine rings is 3. The van der Waals surface area contributed by atoms with Crippen molar-refractivity contribution in [1.29, 1.82) is 0 Å². The van der Waals surface area contributed by atoms with Crippen LogP contribution < -0.4 is 20.1 Å². The van der Waals surface area contributed by atoms with Crippen LogP contribution in [-0.4, -0.2) is 61.2 Å². The molecule has 38 heavy (non-hydrogen) atoms. The Morgan fingerprint density at radius 1 is 1.16 bits per heavy atom. The standard InChI is InChI=1S/C26H32N6O5S.H2/c1-4-36-19-12-14-32(15-13-19)25-20(26(33)31-38(34,35)24-7-5-6-22(27)30-24)9-10-21(29-25)18-8-11-23(28-16-18)37-17(2)3;/h5-11,16-17,19H,4,12-15H2,1-3H3,(H2,27,30)(H,31,33);1H. The smallest absolute Gasteiger partial charge is 0.281 e. The van der Waals surface area contributed by atoms with Crippen LogP contribution in [0.1, 0.15) is 45.4 Å². The molecule has 0 atom stereocenters. The zero-order chi connectivity index (χ0) is 27.3. The van der Waals surface area contributed by atoms with Gasteiger partial charge in [0.25, 0.3) is 15.9 Å². The Hall–Kier alpha value is -3.77. The summed E-state index contributed by atoms with van der Waals surface area (Å²) >= 11 is 0. The van der Waals surface area contributed by atoms with Crippen LogP contribution in [0, 0.1) is 0 Å². The van der Waals surface area contributed by atoms with E-state index in [1.807, 2.05) is 31.7 Å². The molecule has 1 aliphatic heterocycles. The number of aromatic nitrogens is 3. The molecule has 1 aliphatic rings. The second kappa shape index (κ2) is 11.7. The monoisotopic (exact) mass is 542 g/mol. The van der Waals surface area contributed by atoms with Gasteiger partial charge in [0.15, 0.2) is 5.03 Å². The Balaban J connectivity index is 0.00000420. The van der Waals surface area contributed by atoms with E-state index in [4.69, 9.17) is 20.2 Å². The van der Waals surface area contributed by atoms with E-state index < -0.39 is 15.9 Å². The molecule has 0 bridgehead atoms. The number of hydrogen-bond acceptors (Lipinski definition) is 10. The highest BCUT2D eigenvalue weighted by Crippen LogP contribution is 2.28. The van der Waals surface area contributed by atoms with Crippen molar-refractivity contribution in [3.05, 3.63) is 54.2 Å². The molecule has 12 heteroatoms. The van der Waals surface area contributed by atoms with Crippen LogP contribution in [0.4, 0.5) is 11.6 Å². The van der Waals surface area contributed by atoms with Crippen molar-refractivity contribution in [2.24, 2.45) is 0 Å². The molecule has 3 aromatic rings. The molecule has 3 aromatic heterocycles. The Morgan fingerprint density at radius 3 is 2.55 bits per heavy atom. The van der Waals surface area contributed by atoms with Crippen molar-refractivity contribution in [2.75, 3.05) is 30.3 Å². The molecule has 4 rings (SSSR count). The number of nitrogens with two attached hydrogens (primary N) is 1. The molecule has 4 heterocycles. The lowest BCUT2D eigenvalue weighted by Gasteiger charge is -2.33. The highest BCUT2D eigenvalue weighted by molar-refractivity contribution is 7.90. The first-order chi connectivity index (χ1) is 18.2. The predicted octanol–water partition coefficient (Wildman–Crippen LogP) is 3.28. The third-order valence-corrected chi connectivity index (χ3v) is 7.13. The van der Waals surface area contributed by atoms with Gasteiger partial charge in [-0.1, -0.05) is 6.07 Å². The summed E-state index contributed by atoms with van der Waals surface area (Å²) in [5.41, 5.74) is 7.08. The topological polar surface area (TPSA) is 150 Å². The number of anilines is 2. The van der Waals surface area contributed by atoms with Gasteiger partial charge >= 0.3 is 0 Å². The summed E-state index contributed by atoms with van der Waals surface area (Å²) in [6.07, 6.45) is 3.30. The van der Waals surface area contributed by atoms with Crippen molar-refractivity contribution in [3.63, 3.8) is 0 Å². The number of rotatable bonds is 9. The third kappa shape index (κ3) is 6.56. The fourth-order valence-corrected chi connectivity index (χ4v) is 5.09. The number of nitrogen functional groups attached to an aromatic ring is 1. The molecule has 11 nitrogen and oxygen atoms in total. The van der Waals surface area contributed by atoms with Crippen LogP contribution in [0.25, 0.3) is 11.3 Å². The van der Waals surface area contributed by atoms with E-state index in [0.29, 0.717) is 37.1 Å². The largest absolute Gasteiger partial charge is 0.475 e. The van der Waals surface area contributed by atoms with Crippen LogP contribution in [0.15, 0.2) is 53.7 Å². The Labute approximate surface area is 223 Å². The van der Waals surface area contributed by atoms with Crippen LogP contribution in [0.2, 0.25) is 0 Å². The Bertz CT molecular complexity index is 1380. The summed E-state index contributed by atoms with van der Waals surface area (Å²) in [5, 5.41) is -0.343. The zero-order valence-corrected chi connectivity index (χ0v) is 22.4. The maximum atomic E-state index is 13.3. The van der Waals surface area contributed by atoms with Gasteiger partial charge in [-0.15, -0.1) is 0 Å². The summed E-state index contributed by atoms with van der Waals surface area (Å²) in [6.45, 7) is 7.64. The van der Waals surface area contributed by atoms with E-state index in [9.17, 15) is 13.2 Å². The highest BCUT2D eigenvalue weighted by atomic mass is 32.2. The van der Waals surface area contributed by atoms with Crippen molar-refractivity contribution in [1.82, 2.24) is 19.7 Å². The van der Waals surface area contributed by atoms with Gasteiger partial charge in [-0.2, -0.15) is 8.42 Å². The Morgan fingerprint density at radius 2 is 1.92 bits per heavy atom. The molecule has 0 unspecified atom stereocenters. The molecule has 0 saturated carbocycles. The van der Waals surface area contributed by atoms with E-state index in [2.05, 4.69) is 14.7 Å². The Kier molecular flexibility index (Phi) is 8.42. The molecule has 1 amide bonds. The van der Waals surface area contributed by atoms with Gasteiger partial charge in [0.2, 0.25) is 5.88 Å². The minimum Gasteiger partial charge on any atom is -0.475 e.